The van der Waals surface area contributed by atoms with Crippen LogP contribution in [0.5, 0.6) is 0 Å². The van der Waals surface area contributed by atoms with Gasteiger partial charge in [0.2, 0.25) is 5.65 Å². The number of rotatable bonds is 3. The van der Waals surface area contributed by atoms with Gasteiger partial charge in [-0.15, -0.1) is 5.10 Å². The van der Waals surface area contributed by atoms with E-state index < -0.39 is 0 Å². The van der Waals surface area contributed by atoms with E-state index in [1.165, 1.54) is 21.2 Å². The summed E-state index contributed by atoms with van der Waals surface area (Å²) in [6, 6.07) is 6.15. The van der Waals surface area contributed by atoms with Crippen molar-refractivity contribution in [3.8, 4) is 0 Å². The van der Waals surface area contributed by atoms with Crippen molar-refractivity contribution in [1.82, 2.24) is 19.2 Å². The molecular formula is C16H16FN5O2. The molecule has 0 aliphatic carbocycles. The van der Waals surface area contributed by atoms with Crippen molar-refractivity contribution in [1.29, 1.82) is 0 Å². The fourth-order valence-electron chi connectivity index (χ4n) is 2.84. The molecule has 0 spiro atoms. The maximum atomic E-state index is 13.3. The molecule has 1 saturated heterocycles. The first-order chi connectivity index (χ1) is 11.7. The molecule has 24 heavy (non-hydrogen) atoms. The Morgan fingerprint density at radius 3 is 2.88 bits per heavy atom. The number of ether oxygens (including phenoxy) is 1. The molecule has 3 aromatic rings. The van der Waals surface area contributed by atoms with E-state index in [-0.39, 0.29) is 18.1 Å². The Labute approximate surface area is 136 Å². The third kappa shape index (κ3) is 2.65. The van der Waals surface area contributed by atoms with Crippen LogP contribution in [-0.2, 0) is 11.3 Å². The van der Waals surface area contributed by atoms with Gasteiger partial charge in [0.05, 0.1) is 19.8 Å². The van der Waals surface area contributed by atoms with E-state index >= 15 is 0 Å². The van der Waals surface area contributed by atoms with Crippen LogP contribution in [0.4, 0.5) is 10.2 Å². The zero-order chi connectivity index (χ0) is 16.5. The van der Waals surface area contributed by atoms with Crippen LogP contribution >= 0.6 is 0 Å². The number of morpholine rings is 1. The highest BCUT2D eigenvalue weighted by atomic mass is 19.1. The minimum Gasteiger partial charge on any atom is -0.378 e. The quantitative estimate of drug-likeness (QED) is 0.715. The normalized spacial score (nSPS) is 15.1. The summed E-state index contributed by atoms with van der Waals surface area (Å²) in [5.41, 5.74) is 0.911. The minimum atomic E-state index is -0.333. The summed E-state index contributed by atoms with van der Waals surface area (Å²) in [5, 5.41) is 4.41. The van der Waals surface area contributed by atoms with E-state index in [0.717, 1.165) is 0 Å². The largest absolute Gasteiger partial charge is 0.378 e. The second-order valence-corrected chi connectivity index (χ2v) is 5.61. The standard InChI is InChI=1S/C16H16FN5O2/c17-13-3-1-2-12(10-13)11-22-16(23)21-5-4-18-14(15(21)19-22)20-6-8-24-9-7-20/h1-5,10H,6-9,11H2. The highest BCUT2D eigenvalue weighted by Gasteiger charge is 2.19. The van der Waals surface area contributed by atoms with Gasteiger partial charge in [-0.25, -0.2) is 23.3 Å². The Kier molecular flexibility index (Phi) is 3.73. The van der Waals surface area contributed by atoms with E-state index in [1.54, 1.807) is 24.5 Å². The first-order valence-electron chi connectivity index (χ1n) is 7.74. The molecule has 0 unspecified atom stereocenters. The van der Waals surface area contributed by atoms with Crippen LogP contribution in [0, 0.1) is 5.82 Å². The number of halogens is 1. The third-order valence-electron chi connectivity index (χ3n) is 4.02. The summed E-state index contributed by atoms with van der Waals surface area (Å²) in [7, 11) is 0. The zero-order valence-corrected chi connectivity index (χ0v) is 12.9. The number of benzene rings is 1. The molecule has 0 amide bonds. The Balaban J connectivity index is 1.75. The average molecular weight is 329 g/mol. The van der Waals surface area contributed by atoms with Gasteiger partial charge in [-0.2, -0.15) is 0 Å². The molecule has 3 heterocycles. The maximum absolute atomic E-state index is 13.3. The molecular weight excluding hydrogens is 313 g/mol. The van der Waals surface area contributed by atoms with Gasteiger partial charge in [0.15, 0.2) is 5.82 Å². The summed E-state index contributed by atoms with van der Waals surface area (Å²) in [4.78, 5) is 19.0. The number of hydrogen-bond donors (Lipinski definition) is 0. The predicted octanol–water partition coefficient (Wildman–Crippen LogP) is 0.915. The summed E-state index contributed by atoms with van der Waals surface area (Å²) in [6.45, 7) is 2.87. The SMILES string of the molecule is O=c1n(Cc2cccc(F)c2)nc2c(N3CCOCC3)nccn12. The van der Waals surface area contributed by atoms with Crippen LogP contribution in [-0.4, -0.2) is 45.5 Å². The Bertz CT molecular complexity index is 930. The molecule has 1 aliphatic heterocycles. The molecule has 7 nitrogen and oxygen atoms in total. The molecule has 0 radical (unpaired) electrons. The topological polar surface area (TPSA) is 64.7 Å². The summed E-state index contributed by atoms with van der Waals surface area (Å²) in [6.07, 6.45) is 3.18. The van der Waals surface area contributed by atoms with Gasteiger partial charge in [-0.3, -0.25) is 0 Å². The minimum absolute atomic E-state index is 0.209. The number of aromatic nitrogens is 4. The average Bonchev–Trinajstić information content (AvgIpc) is 2.92. The lowest BCUT2D eigenvalue weighted by Crippen LogP contribution is -2.37. The lowest BCUT2D eigenvalue weighted by atomic mass is 10.2. The van der Waals surface area contributed by atoms with Crippen molar-refractivity contribution in [2.75, 3.05) is 31.2 Å². The molecule has 124 valence electrons. The smallest absolute Gasteiger partial charge is 0.350 e. The predicted molar refractivity (Wildman–Crippen MR) is 85.8 cm³/mol. The van der Waals surface area contributed by atoms with Gasteiger partial charge in [0, 0.05) is 25.5 Å². The summed E-state index contributed by atoms with van der Waals surface area (Å²) < 4.78 is 21.5. The van der Waals surface area contributed by atoms with Crippen LogP contribution in [0.2, 0.25) is 0 Å². The van der Waals surface area contributed by atoms with E-state index in [0.29, 0.717) is 43.3 Å². The number of fused-ring (bicyclic) bond motifs is 1. The van der Waals surface area contributed by atoms with E-state index in [4.69, 9.17) is 4.74 Å². The molecule has 0 atom stereocenters. The van der Waals surface area contributed by atoms with Crippen LogP contribution in [0.25, 0.3) is 5.65 Å². The summed E-state index contributed by atoms with van der Waals surface area (Å²) in [5.74, 6) is 0.330. The van der Waals surface area contributed by atoms with Crippen LogP contribution in [0.1, 0.15) is 5.56 Å². The molecule has 2 aromatic heterocycles. The monoisotopic (exact) mass is 329 g/mol. The zero-order valence-electron chi connectivity index (χ0n) is 12.9. The Hall–Kier alpha value is -2.74. The summed E-state index contributed by atoms with van der Waals surface area (Å²) >= 11 is 0. The van der Waals surface area contributed by atoms with Crippen LogP contribution < -0.4 is 10.6 Å². The van der Waals surface area contributed by atoms with Crippen molar-refractivity contribution >= 4 is 11.5 Å². The van der Waals surface area contributed by atoms with Gasteiger partial charge in [-0.1, -0.05) is 12.1 Å². The van der Waals surface area contributed by atoms with E-state index in [1.807, 2.05) is 0 Å². The first-order valence-corrected chi connectivity index (χ1v) is 7.74. The highest BCUT2D eigenvalue weighted by molar-refractivity contribution is 5.63. The highest BCUT2D eigenvalue weighted by Crippen LogP contribution is 2.17. The fraction of sp³-hybridized carbons (Fsp3) is 0.312. The van der Waals surface area contributed by atoms with Gasteiger partial charge >= 0.3 is 5.69 Å². The van der Waals surface area contributed by atoms with Crippen molar-refractivity contribution in [2.24, 2.45) is 0 Å². The van der Waals surface area contributed by atoms with Crippen LogP contribution in [0.3, 0.4) is 0 Å². The number of hydrogen-bond acceptors (Lipinski definition) is 5. The molecule has 4 rings (SSSR count). The fourth-order valence-corrected chi connectivity index (χ4v) is 2.84. The van der Waals surface area contributed by atoms with Gasteiger partial charge in [0.25, 0.3) is 0 Å². The van der Waals surface area contributed by atoms with Gasteiger partial charge < -0.3 is 9.64 Å². The molecule has 0 saturated carbocycles. The second kappa shape index (κ2) is 6.04. The number of anilines is 1. The lowest BCUT2D eigenvalue weighted by molar-refractivity contribution is 0.122. The Morgan fingerprint density at radius 1 is 1.25 bits per heavy atom. The molecule has 1 fully saturated rings. The third-order valence-corrected chi connectivity index (χ3v) is 4.02. The maximum Gasteiger partial charge on any atom is 0.350 e. The van der Waals surface area contributed by atoms with Crippen molar-refractivity contribution in [3.05, 3.63) is 58.5 Å². The second-order valence-electron chi connectivity index (χ2n) is 5.61. The lowest BCUT2D eigenvalue weighted by Gasteiger charge is -2.27. The molecule has 1 aliphatic rings. The molecule has 0 bridgehead atoms. The van der Waals surface area contributed by atoms with Gasteiger partial charge in [-0.05, 0) is 17.7 Å². The first kappa shape index (κ1) is 14.8. The van der Waals surface area contributed by atoms with Crippen molar-refractivity contribution in [2.45, 2.75) is 6.54 Å². The van der Waals surface area contributed by atoms with Crippen molar-refractivity contribution in [3.63, 3.8) is 0 Å². The molecule has 8 heteroatoms. The number of nitrogens with zero attached hydrogens (tertiary/aromatic N) is 5. The van der Waals surface area contributed by atoms with Gasteiger partial charge in [0.1, 0.15) is 5.82 Å². The molecule has 0 N–H and O–H groups in total. The van der Waals surface area contributed by atoms with E-state index in [2.05, 4.69) is 15.0 Å². The van der Waals surface area contributed by atoms with Crippen LogP contribution in [0.15, 0.2) is 41.5 Å². The van der Waals surface area contributed by atoms with E-state index in [9.17, 15) is 9.18 Å². The molecule has 1 aromatic carbocycles. The Morgan fingerprint density at radius 2 is 2.08 bits per heavy atom. The van der Waals surface area contributed by atoms with Crippen molar-refractivity contribution < 1.29 is 9.13 Å².